The first kappa shape index (κ1) is 11.6. The number of nitrogens with zero attached hydrogens (tertiary/aromatic N) is 4. The molecule has 0 spiro atoms. The van der Waals surface area contributed by atoms with E-state index < -0.39 is 0 Å². The van der Waals surface area contributed by atoms with Crippen molar-refractivity contribution in [2.24, 2.45) is 0 Å². The van der Waals surface area contributed by atoms with Crippen LogP contribution in [-0.4, -0.2) is 27.2 Å². The monoisotopic (exact) mass is 275 g/mol. The fourth-order valence-corrected chi connectivity index (χ4v) is 2.17. The lowest BCUT2D eigenvalue weighted by molar-refractivity contribution is 0.397. The third-order valence-corrected chi connectivity index (χ3v) is 3.25. The quantitative estimate of drug-likeness (QED) is 0.778. The first-order valence-electron chi connectivity index (χ1n) is 5.32. The second kappa shape index (κ2) is 4.65. The number of nitrogen functional groups attached to an aromatic ring is 1. The maximum atomic E-state index is 5.66. The zero-order valence-electron chi connectivity index (χ0n) is 9.90. The minimum absolute atomic E-state index is 0.377. The molecule has 8 heteroatoms. The molecule has 0 fully saturated rings. The molecular weight excluding hydrogens is 266 g/mol. The van der Waals surface area contributed by atoms with Gasteiger partial charge in [0, 0.05) is 6.07 Å². The van der Waals surface area contributed by atoms with Gasteiger partial charge in [-0.15, -0.1) is 11.3 Å². The van der Waals surface area contributed by atoms with Crippen LogP contribution in [0.3, 0.4) is 0 Å². The number of anilines is 1. The van der Waals surface area contributed by atoms with Crippen molar-refractivity contribution in [3.63, 3.8) is 0 Å². The minimum Gasteiger partial charge on any atom is -0.481 e. The largest absolute Gasteiger partial charge is 0.481 e. The number of nitrogens with two attached hydrogens (primary N) is 1. The molecule has 0 saturated carbocycles. The Hall–Kier alpha value is -2.48. The Balaban J connectivity index is 1.96. The highest BCUT2D eigenvalue weighted by Crippen LogP contribution is 2.29. The molecule has 3 rings (SSSR count). The van der Waals surface area contributed by atoms with Crippen molar-refractivity contribution in [1.82, 2.24) is 20.1 Å². The molecule has 0 saturated heterocycles. The summed E-state index contributed by atoms with van der Waals surface area (Å²) in [6.07, 6.45) is 1.38. The van der Waals surface area contributed by atoms with E-state index in [1.54, 1.807) is 12.1 Å². The topological polar surface area (TPSA) is 100.0 Å². The van der Waals surface area contributed by atoms with Crippen LogP contribution in [0.2, 0.25) is 0 Å². The first-order valence-corrected chi connectivity index (χ1v) is 6.13. The van der Waals surface area contributed by atoms with Gasteiger partial charge in [0.25, 0.3) is 5.89 Å². The molecule has 3 aromatic rings. The van der Waals surface area contributed by atoms with Crippen LogP contribution >= 0.6 is 11.3 Å². The lowest BCUT2D eigenvalue weighted by Gasteiger charge is -1.97. The lowest BCUT2D eigenvalue weighted by Crippen LogP contribution is -1.91. The van der Waals surface area contributed by atoms with E-state index in [2.05, 4.69) is 20.1 Å². The van der Waals surface area contributed by atoms with Crippen LogP contribution < -0.4 is 10.5 Å². The number of rotatable bonds is 3. The van der Waals surface area contributed by atoms with Crippen molar-refractivity contribution in [1.29, 1.82) is 0 Å². The van der Waals surface area contributed by atoms with Gasteiger partial charge >= 0.3 is 0 Å². The average molecular weight is 275 g/mol. The zero-order chi connectivity index (χ0) is 13.2. The standard InChI is InChI=1S/C11H9N5O2S/c1-17-9-4-6(13-5-14-9)10-15-11(18-16-10)7-2-3-8(12)19-7/h2-5H,12H2,1H3. The Labute approximate surface area is 112 Å². The molecule has 0 bridgehead atoms. The van der Waals surface area contributed by atoms with Crippen LogP contribution in [0, 0.1) is 0 Å². The molecule has 0 aliphatic heterocycles. The van der Waals surface area contributed by atoms with Crippen LogP contribution in [0.1, 0.15) is 0 Å². The zero-order valence-corrected chi connectivity index (χ0v) is 10.7. The smallest absolute Gasteiger partial charge is 0.268 e. The predicted octanol–water partition coefficient (Wildman–Crippen LogP) is 1.85. The normalized spacial score (nSPS) is 10.6. The Morgan fingerprint density at radius 1 is 1.32 bits per heavy atom. The Morgan fingerprint density at radius 2 is 2.21 bits per heavy atom. The molecule has 0 amide bonds. The Morgan fingerprint density at radius 3 is 2.95 bits per heavy atom. The Kier molecular flexibility index (Phi) is 2.84. The van der Waals surface area contributed by atoms with Gasteiger partial charge in [0.1, 0.15) is 12.0 Å². The number of aromatic nitrogens is 4. The number of ether oxygens (including phenoxy) is 1. The van der Waals surface area contributed by atoms with Crippen molar-refractivity contribution in [3.8, 4) is 28.2 Å². The van der Waals surface area contributed by atoms with E-state index in [4.69, 9.17) is 15.0 Å². The van der Waals surface area contributed by atoms with Crippen LogP contribution in [0.4, 0.5) is 5.00 Å². The van der Waals surface area contributed by atoms with E-state index in [1.165, 1.54) is 24.8 Å². The maximum Gasteiger partial charge on any atom is 0.268 e. The van der Waals surface area contributed by atoms with E-state index in [0.29, 0.717) is 28.3 Å². The van der Waals surface area contributed by atoms with Crippen LogP contribution in [-0.2, 0) is 0 Å². The van der Waals surface area contributed by atoms with E-state index in [0.717, 1.165) is 4.88 Å². The van der Waals surface area contributed by atoms with E-state index >= 15 is 0 Å². The van der Waals surface area contributed by atoms with E-state index in [-0.39, 0.29) is 0 Å². The fourth-order valence-electron chi connectivity index (χ4n) is 1.47. The van der Waals surface area contributed by atoms with Crippen molar-refractivity contribution in [3.05, 3.63) is 24.5 Å². The molecule has 19 heavy (non-hydrogen) atoms. The molecule has 2 N–H and O–H groups in total. The van der Waals surface area contributed by atoms with Gasteiger partial charge in [0.05, 0.1) is 17.0 Å². The highest BCUT2D eigenvalue weighted by atomic mass is 32.1. The second-order valence-corrected chi connectivity index (χ2v) is 4.69. The van der Waals surface area contributed by atoms with Crippen LogP contribution in [0.15, 0.2) is 29.0 Å². The summed E-state index contributed by atoms with van der Waals surface area (Å²) >= 11 is 1.38. The van der Waals surface area contributed by atoms with Crippen molar-refractivity contribution in [2.45, 2.75) is 0 Å². The summed E-state index contributed by atoms with van der Waals surface area (Å²) in [5.41, 5.74) is 6.20. The summed E-state index contributed by atoms with van der Waals surface area (Å²) < 4.78 is 10.2. The van der Waals surface area contributed by atoms with Gasteiger partial charge in [-0.05, 0) is 12.1 Å². The van der Waals surface area contributed by atoms with Gasteiger partial charge in [-0.3, -0.25) is 0 Å². The SMILES string of the molecule is COc1cc(-c2noc(-c3ccc(N)s3)n2)ncn1. The molecule has 0 radical (unpaired) electrons. The van der Waals surface area contributed by atoms with Gasteiger partial charge in [-0.25, -0.2) is 9.97 Å². The van der Waals surface area contributed by atoms with Gasteiger partial charge in [-0.1, -0.05) is 5.16 Å². The van der Waals surface area contributed by atoms with Crippen molar-refractivity contribution < 1.29 is 9.26 Å². The van der Waals surface area contributed by atoms with Gasteiger partial charge < -0.3 is 15.0 Å². The van der Waals surface area contributed by atoms with Crippen molar-refractivity contribution in [2.75, 3.05) is 12.8 Å². The third-order valence-electron chi connectivity index (χ3n) is 2.34. The minimum atomic E-state index is 0.377. The highest BCUT2D eigenvalue weighted by Gasteiger charge is 2.13. The fraction of sp³-hybridized carbons (Fsp3) is 0.0909. The summed E-state index contributed by atoms with van der Waals surface area (Å²) in [6.45, 7) is 0. The molecule has 0 unspecified atom stereocenters. The summed E-state index contributed by atoms with van der Waals surface area (Å²) in [4.78, 5) is 13.1. The molecule has 0 atom stereocenters. The molecule has 0 aliphatic carbocycles. The first-order chi connectivity index (χ1) is 9.26. The second-order valence-electron chi connectivity index (χ2n) is 3.57. The summed E-state index contributed by atoms with van der Waals surface area (Å²) in [5.74, 6) is 1.23. The molecular formula is C11H9N5O2S. The van der Waals surface area contributed by atoms with E-state index in [1.807, 2.05) is 6.07 Å². The third kappa shape index (κ3) is 2.25. The summed E-state index contributed by atoms with van der Waals surface area (Å²) in [7, 11) is 1.53. The summed E-state index contributed by atoms with van der Waals surface area (Å²) in [5, 5.41) is 4.57. The predicted molar refractivity (Wildman–Crippen MR) is 69.6 cm³/mol. The average Bonchev–Trinajstić information content (AvgIpc) is 3.07. The van der Waals surface area contributed by atoms with Crippen LogP contribution in [0.5, 0.6) is 5.88 Å². The summed E-state index contributed by atoms with van der Waals surface area (Å²) in [6, 6.07) is 5.26. The number of hydrogen-bond donors (Lipinski definition) is 1. The van der Waals surface area contributed by atoms with Gasteiger partial charge in [-0.2, -0.15) is 4.98 Å². The molecule has 7 nitrogen and oxygen atoms in total. The molecule has 3 aromatic heterocycles. The molecule has 3 heterocycles. The lowest BCUT2D eigenvalue weighted by atomic mass is 10.4. The number of thiophene rings is 1. The number of methoxy groups -OCH3 is 1. The molecule has 96 valence electrons. The highest BCUT2D eigenvalue weighted by molar-refractivity contribution is 7.19. The van der Waals surface area contributed by atoms with Crippen molar-refractivity contribution >= 4 is 16.3 Å². The van der Waals surface area contributed by atoms with Gasteiger partial charge in [0.2, 0.25) is 11.7 Å². The number of hydrogen-bond acceptors (Lipinski definition) is 8. The van der Waals surface area contributed by atoms with Gasteiger partial charge in [0.15, 0.2) is 0 Å². The molecule has 0 aromatic carbocycles. The maximum absolute atomic E-state index is 5.66. The van der Waals surface area contributed by atoms with E-state index in [9.17, 15) is 0 Å². The molecule has 0 aliphatic rings. The Bertz CT molecular complexity index is 708. The van der Waals surface area contributed by atoms with Crippen LogP contribution in [0.25, 0.3) is 22.3 Å².